The van der Waals surface area contributed by atoms with Crippen molar-refractivity contribution in [3.63, 3.8) is 0 Å². The largest absolute Gasteiger partial charge is 0.388 e. The molecule has 1 unspecified atom stereocenters. The molecule has 0 aromatic carbocycles. The van der Waals surface area contributed by atoms with Crippen molar-refractivity contribution >= 4 is 0 Å². The van der Waals surface area contributed by atoms with Gasteiger partial charge < -0.3 is 15.3 Å². The van der Waals surface area contributed by atoms with E-state index >= 15 is 0 Å². The van der Waals surface area contributed by atoms with Crippen LogP contribution in [0.25, 0.3) is 0 Å². The van der Waals surface area contributed by atoms with Crippen LogP contribution in [0.3, 0.4) is 0 Å². The highest BCUT2D eigenvalue weighted by Gasteiger charge is 2.20. The van der Waals surface area contributed by atoms with Gasteiger partial charge in [-0.3, -0.25) is 4.98 Å². The van der Waals surface area contributed by atoms with Crippen LogP contribution < -0.4 is 5.32 Å². The van der Waals surface area contributed by atoms with E-state index in [2.05, 4.69) is 10.3 Å². The number of nitrogens with one attached hydrogen (secondary N) is 1. The van der Waals surface area contributed by atoms with Crippen LogP contribution in [0, 0.1) is 0 Å². The molecule has 0 radical (unpaired) electrons. The lowest BCUT2D eigenvalue weighted by Crippen LogP contribution is -2.45. The zero-order chi connectivity index (χ0) is 12.7. The van der Waals surface area contributed by atoms with Crippen molar-refractivity contribution in [1.82, 2.24) is 15.2 Å². The number of rotatable bonds is 7. The minimum absolute atomic E-state index is 0.607. The number of likely N-dealkylation sites (N-methyl/N-ethyl adjacent to an activating group) is 1. The highest BCUT2D eigenvalue weighted by Crippen LogP contribution is 2.02. The standard InChI is InChI=1S/C13H23N3O/c1-13(17,11-16(2)3)10-15-9-6-12-4-7-14-8-5-12/h4-5,7-8,15,17H,6,9-11H2,1-3H3. The molecular weight excluding hydrogens is 214 g/mol. The lowest BCUT2D eigenvalue weighted by Gasteiger charge is -2.27. The number of aliphatic hydroxyl groups is 1. The summed E-state index contributed by atoms with van der Waals surface area (Å²) in [5.41, 5.74) is 0.585. The Hall–Kier alpha value is -0.970. The molecule has 1 aromatic rings. The second-order valence-corrected chi connectivity index (χ2v) is 5.02. The molecule has 1 heterocycles. The van der Waals surface area contributed by atoms with E-state index in [1.807, 2.05) is 38.1 Å². The van der Waals surface area contributed by atoms with E-state index < -0.39 is 5.60 Å². The van der Waals surface area contributed by atoms with Gasteiger partial charge in [0.15, 0.2) is 0 Å². The van der Waals surface area contributed by atoms with E-state index in [9.17, 15) is 5.11 Å². The molecule has 0 aliphatic carbocycles. The van der Waals surface area contributed by atoms with Crippen LogP contribution in [0.1, 0.15) is 12.5 Å². The maximum absolute atomic E-state index is 10.1. The van der Waals surface area contributed by atoms with Crippen molar-refractivity contribution in [3.05, 3.63) is 30.1 Å². The quantitative estimate of drug-likeness (QED) is 0.679. The van der Waals surface area contributed by atoms with Crippen LogP contribution in [0.2, 0.25) is 0 Å². The predicted molar refractivity (Wildman–Crippen MR) is 70.0 cm³/mol. The molecule has 1 atom stereocenters. The van der Waals surface area contributed by atoms with Crippen molar-refractivity contribution in [1.29, 1.82) is 0 Å². The second-order valence-electron chi connectivity index (χ2n) is 5.02. The molecule has 0 saturated heterocycles. The van der Waals surface area contributed by atoms with E-state index in [0.29, 0.717) is 13.1 Å². The lowest BCUT2D eigenvalue weighted by atomic mass is 10.1. The van der Waals surface area contributed by atoms with Crippen LogP contribution in [-0.4, -0.2) is 54.3 Å². The Morgan fingerprint density at radius 2 is 2.00 bits per heavy atom. The maximum Gasteiger partial charge on any atom is 0.0869 e. The second kappa shape index (κ2) is 6.69. The third kappa shape index (κ3) is 6.36. The van der Waals surface area contributed by atoms with Crippen molar-refractivity contribution < 1.29 is 5.11 Å². The molecular formula is C13H23N3O. The molecule has 0 amide bonds. The fourth-order valence-electron chi connectivity index (χ4n) is 1.88. The zero-order valence-corrected chi connectivity index (χ0v) is 11.0. The van der Waals surface area contributed by atoms with Gasteiger partial charge in [0.2, 0.25) is 0 Å². The Morgan fingerprint density at radius 1 is 1.35 bits per heavy atom. The SMILES string of the molecule is CN(C)CC(C)(O)CNCCc1ccncc1. The molecule has 0 saturated carbocycles. The average molecular weight is 237 g/mol. The maximum atomic E-state index is 10.1. The molecule has 2 N–H and O–H groups in total. The van der Waals surface area contributed by atoms with Gasteiger partial charge in [-0.05, 0) is 51.7 Å². The Balaban J connectivity index is 2.20. The van der Waals surface area contributed by atoms with E-state index in [1.54, 1.807) is 12.4 Å². The van der Waals surface area contributed by atoms with E-state index in [-0.39, 0.29) is 0 Å². The van der Waals surface area contributed by atoms with Gasteiger partial charge >= 0.3 is 0 Å². The van der Waals surface area contributed by atoms with E-state index in [4.69, 9.17) is 0 Å². The van der Waals surface area contributed by atoms with E-state index in [1.165, 1.54) is 5.56 Å². The van der Waals surface area contributed by atoms with Gasteiger partial charge in [-0.15, -0.1) is 0 Å². The number of aromatic nitrogens is 1. The summed E-state index contributed by atoms with van der Waals surface area (Å²) >= 11 is 0. The number of hydrogen-bond acceptors (Lipinski definition) is 4. The van der Waals surface area contributed by atoms with Crippen molar-refractivity contribution in [2.24, 2.45) is 0 Å². The van der Waals surface area contributed by atoms with Gasteiger partial charge in [-0.25, -0.2) is 0 Å². The summed E-state index contributed by atoms with van der Waals surface area (Å²) in [4.78, 5) is 5.97. The fraction of sp³-hybridized carbons (Fsp3) is 0.615. The third-order valence-corrected chi connectivity index (χ3v) is 2.50. The Labute approximate surface area is 104 Å². The lowest BCUT2D eigenvalue weighted by molar-refractivity contribution is 0.0341. The molecule has 4 heteroatoms. The Kier molecular flexibility index (Phi) is 5.55. The van der Waals surface area contributed by atoms with Crippen molar-refractivity contribution in [2.75, 3.05) is 33.7 Å². The summed E-state index contributed by atoms with van der Waals surface area (Å²) in [6, 6.07) is 4.03. The number of pyridine rings is 1. The summed E-state index contributed by atoms with van der Waals surface area (Å²) in [5, 5.41) is 13.4. The van der Waals surface area contributed by atoms with Gasteiger partial charge in [0, 0.05) is 25.5 Å². The average Bonchev–Trinajstić information content (AvgIpc) is 2.24. The summed E-state index contributed by atoms with van der Waals surface area (Å²) < 4.78 is 0. The molecule has 0 bridgehead atoms. The molecule has 96 valence electrons. The first-order valence-electron chi connectivity index (χ1n) is 5.96. The fourth-order valence-corrected chi connectivity index (χ4v) is 1.88. The van der Waals surface area contributed by atoms with Crippen LogP contribution >= 0.6 is 0 Å². The minimum Gasteiger partial charge on any atom is -0.388 e. The molecule has 17 heavy (non-hydrogen) atoms. The number of nitrogens with zero attached hydrogens (tertiary/aromatic N) is 2. The first-order chi connectivity index (χ1) is 7.99. The predicted octanol–water partition coefficient (Wildman–Crippen LogP) is 0.526. The molecule has 1 aromatic heterocycles. The Bertz CT molecular complexity index is 312. The smallest absolute Gasteiger partial charge is 0.0869 e. The summed E-state index contributed by atoms with van der Waals surface area (Å²) in [5.74, 6) is 0. The molecule has 0 aliphatic rings. The minimum atomic E-state index is -0.679. The molecule has 4 nitrogen and oxygen atoms in total. The summed E-state index contributed by atoms with van der Waals surface area (Å²) in [6.45, 7) is 3.99. The first kappa shape index (κ1) is 14.1. The molecule has 0 fully saturated rings. The van der Waals surface area contributed by atoms with Crippen molar-refractivity contribution in [3.8, 4) is 0 Å². The highest BCUT2D eigenvalue weighted by atomic mass is 16.3. The third-order valence-electron chi connectivity index (χ3n) is 2.50. The van der Waals surface area contributed by atoms with Crippen molar-refractivity contribution in [2.45, 2.75) is 18.9 Å². The van der Waals surface area contributed by atoms with Gasteiger partial charge in [0.25, 0.3) is 0 Å². The van der Waals surface area contributed by atoms with Crippen LogP contribution in [0.5, 0.6) is 0 Å². The Morgan fingerprint density at radius 3 is 2.59 bits per heavy atom. The molecule has 1 rings (SSSR count). The van der Waals surface area contributed by atoms with Gasteiger partial charge in [0.05, 0.1) is 5.60 Å². The summed E-state index contributed by atoms with van der Waals surface area (Å²) in [6.07, 6.45) is 4.57. The molecule has 0 spiro atoms. The van der Waals surface area contributed by atoms with E-state index in [0.717, 1.165) is 13.0 Å². The van der Waals surface area contributed by atoms with Gasteiger partial charge in [-0.1, -0.05) is 0 Å². The number of hydrogen-bond donors (Lipinski definition) is 2. The van der Waals surface area contributed by atoms with Crippen LogP contribution in [0.15, 0.2) is 24.5 Å². The monoisotopic (exact) mass is 237 g/mol. The zero-order valence-electron chi connectivity index (χ0n) is 11.0. The van der Waals surface area contributed by atoms with Gasteiger partial charge in [-0.2, -0.15) is 0 Å². The molecule has 0 aliphatic heterocycles. The van der Waals surface area contributed by atoms with Crippen LogP contribution in [0.4, 0.5) is 0 Å². The van der Waals surface area contributed by atoms with Gasteiger partial charge in [0.1, 0.15) is 0 Å². The van der Waals surface area contributed by atoms with Crippen LogP contribution in [-0.2, 0) is 6.42 Å². The topological polar surface area (TPSA) is 48.4 Å². The normalized spacial score (nSPS) is 14.9. The summed E-state index contributed by atoms with van der Waals surface area (Å²) in [7, 11) is 3.93. The highest BCUT2D eigenvalue weighted by molar-refractivity contribution is 5.09. The first-order valence-corrected chi connectivity index (χ1v) is 5.96.